The fourth-order valence-corrected chi connectivity index (χ4v) is 2.47. The van der Waals surface area contributed by atoms with Crippen LogP contribution >= 0.6 is 0 Å². The molecule has 1 aliphatic rings. The first kappa shape index (κ1) is 17.7. The van der Waals surface area contributed by atoms with Gasteiger partial charge in [0, 0.05) is 19.3 Å². The zero-order valence-electron chi connectivity index (χ0n) is 13.1. The molecule has 130 valence electrons. The van der Waals surface area contributed by atoms with Crippen LogP contribution in [0.2, 0.25) is 0 Å². The summed E-state index contributed by atoms with van der Waals surface area (Å²) in [4.78, 5) is 12.2. The Kier molecular flexibility index (Phi) is 4.98. The molecule has 0 aliphatic carbocycles. The second-order valence-corrected chi connectivity index (χ2v) is 6.29. The average molecular weight is 336 g/mol. The molecule has 1 aromatic heterocycles. The molecule has 1 fully saturated rings. The lowest BCUT2D eigenvalue weighted by Crippen LogP contribution is -2.45. The van der Waals surface area contributed by atoms with Gasteiger partial charge >= 0.3 is 6.18 Å². The highest BCUT2D eigenvalue weighted by Crippen LogP contribution is 2.31. The average Bonchev–Trinajstić information content (AvgIpc) is 2.81. The largest absolute Gasteiger partial charge is 0.435 e. The zero-order chi connectivity index (χ0) is 17.3. The van der Waals surface area contributed by atoms with Gasteiger partial charge in [0.15, 0.2) is 5.69 Å². The highest BCUT2D eigenvalue weighted by molar-refractivity contribution is 5.95. The molecule has 23 heavy (non-hydrogen) atoms. The fraction of sp³-hybridized carbons (Fsp3) is 0.714. The number of halogens is 4. The number of rotatable bonds is 4. The Morgan fingerprint density at radius 2 is 1.83 bits per heavy atom. The van der Waals surface area contributed by atoms with Crippen molar-refractivity contribution in [2.24, 2.45) is 0 Å². The number of nitrogens with zero attached hydrogens (tertiary/aromatic N) is 3. The normalized spacial score (nSPS) is 17.3. The van der Waals surface area contributed by atoms with Crippen molar-refractivity contribution in [3.63, 3.8) is 0 Å². The molecule has 1 amide bonds. The maximum atomic E-state index is 13.6. The molecule has 1 aromatic rings. The number of carbonyl (C=O) groups excluding carboxylic acids is 1. The molecule has 0 unspecified atom stereocenters. The van der Waals surface area contributed by atoms with Gasteiger partial charge in [0.25, 0.3) is 5.91 Å². The van der Waals surface area contributed by atoms with Crippen molar-refractivity contribution in [1.82, 2.24) is 20.2 Å². The first-order valence-electron chi connectivity index (χ1n) is 7.46. The Morgan fingerprint density at radius 1 is 1.22 bits per heavy atom. The predicted molar refractivity (Wildman–Crippen MR) is 75.3 cm³/mol. The molecule has 0 spiro atoms. The summed E-state index contributed by atoms with van der Waals surface area (Å²) < 4.78 is 53.7. The van der Waals surface area contributed by atoms with E-state index in [1.165, 1.54) is 13.8 Å². The first-order chi connectivity index (χ1) is 10.6. The molecule has 1 aliphatic heterocycles. The lowest BCUT2D eigenvalue weighted by Gasteiger charge is -2.26. The third kappa shape index (κ3) is 4.92. The standard InChI is InChI=1S/C14H20F4N4O/c1-13(2,15)9-22-8-10(11(19-22)14(16,17)18)12(23)20-21-6-4-3-5-7-21/h8H,3-7,9H2,1-2H3,(H,20,23). The Bertz CT molecular complexity index is 556. The minimum Gasteiger partial charge on any atom is -0.285 e. The molecule has 0 radical (unpaired) electrons. The van der Waals surface area contributed by atoms with E-state index in [1.807, 2.05) is 0 Å². The molecular formula is C14H20F4N4O. The summed E-state index contributed by atoms with van der Waals surface area (Å²) in [7, 11) is 0. The van der Waals surface area contributed by atoms with Crippen molar-refractivity contribution in [3.8, 4) is 0 Å². The number of amides is 1. The van der Waals surface area contributed by atoms with Gasteiger partial charge in [-0.15, -0.1) is 0 Å². The number of hydrogen-bond donors (Lipinski definition) is 1. The third-order valence-electron chi connectivity index (χ3n) is 3.43. The van der Waals surface area contributed by atoms with Gasteiger partial charge in [0.05, 0.1) is 12.1 Å². The summed E-state index contributed by atoms with van der Waals surface area (Å²) in [6.07, 6.45) is -1.04. The van der Waals surface area contributed by atoms with Crippen LogP contribution in [0.5, 0.6) is 0 Å². The van der Waals surface area contributed by atoms with E-state index in [0.29, 0.717) is 13.1 Å². The smallest absolute Gasteiger partial charge is 0.285 e. The lowest BCUT2D eigenvalue weighted by atomic mass is 10.1. The van der Waals surface area contributed by atoms with Gasteiger partial charge < -0.3 is 0 Å². The molecule has 5 nitrogen and oxygen atoms in total. The van der Waals surface area contributed by atoms with Gasteiger partial charge in [0.1, 0.15) is 5.67 Å². The van der Waals surface area contributed by atoms with Crippen LogP contribution in [-0.4, -0.2) is 39.5 Å². The third-order valence-corrected chi connectivity index (χ3v) is 3.43. The zero-order valence-corrected chi connectivity index (χ0v) is 13.1. The van der Waals surface area contributed by atoms with Crippen LogP contribution in [0.25, 0.3) is 0 Å². The van der Waals surface area contributed by atoms with Crippen molar-refractivity contribution in [3.05, 3.63) is 17.5 Å². The summed E-state index contributed by atoms with van der Waals surface area (Å²) in [5.74, 6) is -0.873. The quantitative estimate of drug-likeness (QED) is 0.860. The van der Waals surface area contributed by atoms with E-state index in [0.717, 1.165) is 30.1 Å². The molecular weight excluding hydrogens is 316 g/mol. The fourth-order valence-electron chi connectivity index (χ4n) is 2.47. The van der Waals surface area contributed by atoms with E-state index in [4.69, 9.17) is 0 Å². The van der Waals surface area contributed by atoms with Crippen LogP contribution in [0, 0.1) is 0 Å². The molecule has 1 N–H and O–H groups in total. The van der Waals surface area contributed by atoms with Gasteiger partial charge in [-0.2, -0.15) is 18.3 Å². The number of alkyl halides is 4. The molecule has 0 aromatic carbocycles. The minimum atomic E-state index is -4.78. The Labute approximate surface area is 131 Å². The maximum absolute atomic E-state index is 13.6. The topological polar surface area (TPSA) is 50.2 Å². The second-order valence-electron chi connectivity index (χ2n) is 6.29. The van der Waals surface area contributed by atoms with E-state index in [1.54, 1.807) is 5.01 Å². The van der Waals surface area contributed by atoms with Crippen LogP contribution in [0.15, 0.2) is 6.20 Å². The maximum Gasteiger partial charge on any atom is 0.435 e. The SMILES string of the molecule is CC(C)(F)Cn1cc(C(=O)NN2CCCCC2)c(C(F)(F)F)n1. The van der Waals surface area contributed by atoms with Gasteiger partial charge in [-0.3, -0.25) is 14.9 Å². The molecule has 2 heterocycles. The molecule has 0 saturated carbocycles. The number of carbonyl (C=O) groups is 1. The lowest BCUT2D eigenvalue weighted by molar-refractivity contribution is -0.142. The van der Waals surface area contributed by atoms with Gasteiger partial charge in [-0.05, 0) is 26.7 Å². The molecule has 0 bridgehead atoms. The Hall–Kier alpha value is -1.64. The number of aromatic nitrogens is 2. The molecule has 1 saturated heterocycles. The van der Waals surface area contributed by atoms with Crippen molar-refractivity contribution in [2.75, 3.05) is 13.1 Å². The van der Waals surface area contributed by atoms with E-state index in [9.17, 15) is 22.4 Å². The number of piperidine rings is 1. The van der Waals surface area contributed by atoms with E-state index >= 15 is 0 Å². The summed E-state index contributed by atoms with van der Waals surface area (Å²) in [5, 5.41) is 4.95. The molecule has 9 heteroatoms. The van der Waals surface area contributed by atoms with Crippen LogP contribution < -0.4 is 5.43 Å². The summed E-state index contributed by atoms with van der Waals surface area (Å²) in [6, 6.07) is 0. The van der Waals surface area contributed by atoms with Crippen LogP contribution in [0.3, 0.4) is 0 Å². The van der Waals surface area contributed by atoms with E-state index in [2.05, 4.69) is 10.5 Å². The van der Waals surface area contributed by atoms with Crippen molar-refractivity contribution in [2.45, 2.75) is 51.5 Å². The predicted octanol–water partition coefficient (Wildman–Crippen LogP) is 2.78. The number of hydrogen-bond acceptors (Lipinski definition) is 3. The number of hydrazine groups is 1. The molecule has 0 atom stereocenters. The van der Waals surface area contributed by atoms with Crippen molar-refractivity contribution < 1.29 is 22.4 Å². The summed E-state index contributed by atoms with van der Waals surface area (Å²) >= 11 is 0. The Balaban J connectivity index is 2.22. The van der Waals surface area contributed by atoms with Gasteiger partial charge in [-0.1, -0.05) is 6.42 Å². The van der Waals surface area contributed by atoms with Crippen LogP contribution in [0.1, 0.15) is 49.2 Å². The first-order valence-corrected chi connectivity index (χ1v) is 7.46. The highest BCUT2D eigenvalue weighted by Gasteiger charge is 2.40. The number of nitrogens with one attached hydrogen (secondary N) is 1. The minimum absolute atomic E-state index is 0.368. The Morgan fingerprint density at radius 3 is 2.35 bits per heavy atom. The molecule has 2 rings (SSSR count). The monoisotopic (exact) mass is 336 g/mol. The highest BCUT2D eigenvalue weighted by atomic mass is 19.4. The van der Waals surface area contributed by atoms with Crippen molar-refractivity contribution in [1.29, 1.82) is 0 Å². The van der Waals surface area contributed by atoms with Crippen LogP contribution in [-0.2, 0) is 12.7 Å². The van der Waals surface area contributed by atoms with Crippen LogP contribution in [0.4, 0.5) is 17.6 Å². The second kappa shape index (κ2) is 6.46. The van der Waals surface area contributed by atoms with Crippen molar-refractivity contribution >= 4 is 5.91 Å². The van der Waals surface area contributed by atoms with E-state index < -0.39 is 29.0 Å². The van der Waals surface area contributed by atoms with Gasteiger partial charge in [0.2, 0.25) is 0 Å². The summed E-state index contributed by atoms with van der Waals surface area (Å²) in [5.41, 5.74) is -1.16. The summed E-state index contributed by atoms with van der Waals surface area (Å²) in [6.45, 7) is 3.29. The van der Waals surface area contributed by atoms with Gasteiger partial charge in [-0.25, -0.2) is 9.40 Å². The van der Waals surface area contributed by atoms with E-state index in [-0.39, 0.29) is 6.54 Å².